The standard InChI is InChI=1S/C19H18Cl2N4O3S/c1-2-24(9-16(26)22-8-13-4-3-5-29-13)17(27)10-25-11-23-18-14(19(25)28)6-12(20)7-15(18)21/h3-7,11H,2,8-10H2,1H3,(H,22,26). The van der Waals surface area contributed by atoms with Gasteiger partial charge in [0, 0.05) is 16.4 Å². The largest absolute Gasteiger partial charge is 0.350 e. The second kappa shape index (κ2) is 9.39. The van der Waals surface area contributed by atoms with E-state index in [1.54, 1.807) is 18.3 Å². The van der Waals surface area contributed by atoms with E-state index in [-0.39, 0.29) is 35.3 Å². The Morgan fingerprint density at radius 3 is 2.79 bits per heavy atom. The molecule has 0 radical (unpaired) electrons. The van der Waals surface area contributed by atoms with Crippen LogP contribution in [0.25, 0.3) is 10.9 Å². The molecule has 0 atom stereocenters. The second-order valence-electron chi connectivity index (χ2n) is 6.23. The molecule has 0 aliphatic carbocycles. The third-order valence-electron chi connectivity index (χ3n) is 4.26. The van der Waals surface area contributed by atoms with Gasteiger partial charge in [0.25, 0.3) is 5.56 Å². The number of rotatable bonds is 7. The number of amides is 2. The maximum absolute atomic E-state index is 12.7. The minimum absolute atomic E-state index is 0.0892. The molecule has 152 valence electrons. The SMILES string of the molecule is CCN(CC(=O)NCc1cccs1)C(=O)Cn1cnc2c(Cl)cc(Cl)cc2c1=O. The van der Waals surface area contributed by atoms with Crippen LogP contribution in [0.4, 0.5) is 0 Å². The van der Waals surface area contributed by atoms with Crippen molar-refractivity contribution in [2.24, 2.45) is 0 Å². The van der Waals surface area contributed by atoms with E-state index in [1.165, 1.54) is 27.9 Å². The molecule has 2 amide bonds. The quantitative estimate of drug-likeness (QED) is 0.596. The molecule has 2 aromatic heterocycles. The highest BCUT2D eigenvalue weighted by atomic mass is 35.5. The number of aromatic nitrogens is 2. The molecule has 3 aromatic rings. The maximum Gasteiger partial charge on any atom is 0.261 e. The van der Waals surface area contributed by atoms with E-state index in [4.69, 9.17) is 23.2 Å². The Morgan fingerprint density at radius 2 is 2.10 bits per heavy atom. The summed E-state index contributed by atoms with van der Waals surface area (Å²) in [4.78, 5) is 44.1. The lowest BCUT2D eigenvalue weighted by molar-refractivity contribution is -0.136. The summed E-state index contributed by atoms with van der Waals surface area (Å²) in [6, 6.07) is 6.80. The predicted octanol–water partition coefficient (Wildman–Crippen LogP) is 2.93. The molecular formula is C19H18Cl2N4O3S. The van der Waals surface area contributed by atoms with Crippen LogP contribution >= 0.6 is 34.5 Å². The summed E-state index contributed by atoms with van der Waals surface area (Å²) in [7, 11) is 0. The number of likely N-dealkylation sites (N-methyl/N-ethyl adjacent to an activating group) is 1. The van der Waals surface area contributed by atoms with Gasteiger partial charge >= 0.3 is 0 Å². The van der Waals surface area contributed by atoms with Gasteiger partial charge in [-0.15, -0.1) is 11.3 Å². The maximum atomic E-state index is 12.7. The zero-order valence-corrected chi connectivity index (χ0v) is 17.9. The van der Waals surface area contributed by atoms with Crippen molar-refractivity contribution in [3.8, 4) is 0 Å². The van der Waals surface area contributed by atoms with Gasteiger partial charge in [-0.2, -0.15) is 0 Å². The summed E-state index contributed by atoms with van der Waals surface area (Å²) in [5.74, 6) is -0.633. The number of halogens is 2. The smallest absolute Gasteiger partial charge is 0.261 e. The van der Waals surface area contributed by atoms with Crippen LogP contribution < -0.4 is 10.9 Å². The first-order valence-electron chi connectivity index (χ1n) is 8.80. The van der Waals surface area contributed by atoms with Crippen LogP contribution in [0.15, 0.2) is 40.8 Å². The van der Waals surface area contributed by atoms with E-state index < -0.39 is 5.56 Å². The van der Waals surface area contributed by atoms with Crippen molar-refractivity contribution in [3.05, 3.63) is 61.2 Å². The fraction of sp³-hybridized carbons (Fsp3) is 0.263. The van der Waals surface area contributed by atoms with Crippen LogP contribution in [0, 0.1) is 0 Å². The molecule has 0 saturated heterocycles. The molecular weight excluding hydrogens is 435 g/mol. The fourth-order valence-electron chi connectivity index (χ4n) is 2.76. The molecule has 0 fully saturated rings. The molecule has 29 heavy (non-hydrogen) atoms. The summed E-state index contributed by atoms with van der Waals surface area (Å²) < 4.78 is 1.18. The van der Waals surface area contributed by atoms with Crippen molar-refractivity contribution >= 4 is 57.3 Å². The lowest BCUT2D eigenvalue weighted by Crippen LogP contribution is -2.42. The van der Waals surface area contributed by atoms with Gasteiger partial charge < -0.3 is 10.2 Å². The van der Waals surface area contributed by atoms with E-state index >= 15 is 0 Å². The third-order valence-corrected chi connectivity index (χ3v) is 5.64. The van der Waals surface area contributed by atoms with Crippen LogP contribution in [0.3, 0.4) is 0 Å². The average Bonchev–Trinajstić information content (AvgIpc) is 3.20. The zero-order chi connectivity index (χ0) is 21.0. The van der Waals surface area contributed by atoms with Crippen molar-refractivity contribution in [2.45, 2.75) is 20.0 Å². The normalized spacial score (nSPS) is 10.9. The van der Waals surface area contributed by atoms with E-state index in [0.717, 1.165) is 4.88 Å². The number of thiophene rings is 1. The minimum Gasteiger partial charge on any atom is -0.350 e. The Hall–Kier alpha value is -2.42. The Labute approximate surface area is 180 Å². The molecule has 0 aliphatic rings. The van der Waals surface area contributed by atoms with Crippen LogP contribution in [0.5, 0.6) is 0 Å². The topological polar surface area (TPSA) is 84.3 Å². The third kappa shape index (κ3) is 5.14. The summed E-state index contributed by atoms with van der Waals surface area (Å²) in [6.07, 6.45) is 1.27. The molecule has 0 unspecified atom stereocenters. The highest BCUT2D eigenvalue weighted by molar-refractivity contribution is 7.09. The molecule has 0 aliphatic heterocycles. The Morgan fingerprint density at radius 1 is 1.31 bits per heavy atom. The van der Waals surface area contributed by atoms with Gasteiger partial charge in [-0.05, 0) is 30.5 Å². The van der Waals surface area contributed by atoms with E-state index in [1.807, 2.05) is 17.5 Å². The lowest BCUT2D eigenvalue weighted by Gasteiger charge is -2.20. The van der Waals surface area contributed by atoms with Gasteiger partial charge in [0.2, 0.25) is 11.8 Å². The van der Waals surface area contributed by atoms with Crippen molar-refractivity contribution in [1.29, 1.82) is 0 Å². The summed E-state index contributed by atoms with van der Waals surface area (Å²) in [5.41, 5.74) is -0.101. The number of carbonyl (C=O) groups is 2. The number of nitrogens with zero attached hydrogens (tertiary/aromatic N) is 3. The molecule has 0 bridgehead atoms. The van der Waals surface area contributed by atoms with Crippen LogP contribution in [0.1, 0.15) is 11.8 Å². The summed E-state index contributed by atoms with van der Waals surface area (Å²) in [5, 5.41) is 5.52. The molecule has 0 spiro atoms. The first-order chi connectivity index (χ1) is 13.9. The van der Waals surface area contributed by atoms with Crippen molar-refractivity contribution in [1.82, 2.24) is 19.8 Å². The molecule has 10 heteroatoms. The Bertz CT molecular complexity index is 1100. The van der Waals surface area contributed by atoms with Crippen LogP contribution in [-0.4, -0.2) is 39.4 Å². The minimum atomic E-state index is -0.425. The molecule has 7 nitrogen and oxygen atoms in total. The van der Waals surface area contributed by atoms with Crippen molar-refractivity contribution in [2.75, 3.05) is 13.1 Å². The van der Waals surface area contributed by atoms with Crippen LogP contribution in [-0.2, 0) is 22.7 Å². The second-order valence-corrected chi connectivity index (χ2v) is 8.10. The number of carbonyl (C=O) groups excluding carboxylic acids is 2. The zero-order valence-electron chi connectivity index (χ0n) is 15.5. The Balaban J connectivity index is 1.69. The number of nitrogens with one attached hydrogen (secondary N) is 1. The summed E-state index contributed by atoms with van der Waals surface area (Å²) >= 11 is 13.6. The Kier molecular flexibility index (Phi) is 6.89. The average molecular weight is 453 g/mol. The fourth-order valence-corrected chi connectivity index (χ4v) is 3.94. The molecule has 1 N–H and O–H groups in total. The van der Waals surface area contributed by atoms with Gasteiger partial charge in [-0.3, -0.25) is 19.0 Å². The van der Waals surface area contributed by atoms with E-state index in [0.29, 0.717) is 23.6 Å². The number of benzene rings is 1. The molecule has 3 rings (SSSR count). The number of fused-ring (bicyclic) bond motifs is 1. The van der Waals surface area contributed by atoms with Gasteiger partial charge in [-0.1, -0.05) is 29.3 Å². The van der Waals surface area contributed by atoms with Gasteiger partial charge in [-0.25, -0.2) is 4.98 Å². The molecule has 2 heterocycles. The highest BCUT2D eigenvalue weighted by Crippen LogP contribution is 2.23. The lowest BCUT2D eigenvalue weighted by atomic mass is 10.2. The van der Waals surface area contributed by atoms with Gasteiger partial charge in [0.1, 0.15) is 6.54 Å². The summed E-state index contributed by atoms with van der Waals surface area (Å²) in [6.45, 7) is 2.19. The first kappa shape index (κ1) is 21.3. The number of hydrogen-bond acceptors (Lipinski definition) is 5. The van der Waals surface area contributed by atoms with E-state index in [2.05, 4.69) is 10.3 Å². The van der Waals surface area contributed by atoms with Crippen molar-refractivity contribution < 1.29 is 9.59 Å². The van der Waals surface area contributed by atoms with Gasteiger partial charge in [0.15, 0.2) is 0 Å². The molecule has 1 aromatic carbocycles. The number of hydrogen-bond donors (Lipinski definition) is 1. The van der Waals surface area contributed by atoms with Crippen molar-refractivity contribution in [3.63, 3.8) is 0 Å². The van der Waals surface area contributed by atoms with Crippen LogP contribution in [0.2, 0.25) is 10.0 Å². The first-order valence-corrected chi connectivity index (χ1v) is 10.4. The van der Waals surface area contributed by atoms with Gasteiger partial charge in [0.05, 0.1) is 35.3 Å². The molecule has 0 saturated carbocycles. The predicted molar refractivity (Wildman–Crippen MR) is 114 cm³/mol. The monoisotopic (exact) mass is 452 g/mol. The van der Waals surface area contributed by atoms with E-state index in [9.17, 15) is 14.4 Å². The highest BCUT2D eigenvalue weighted by Gasteiger charge is 2.18.